The molecular weight excluding hydrogens is 280 g/mol. The van der Waals surface area contributed by atoms with E-state index in [1.165, 1.54) is 0 Å². The van der Waals surface area contributed by atoms with Crippen molar-refractivity contribution in [1.29, 1.82) is 0 Å². The summed E-state index contributed by atoms with van der Waals surface area (Å²) in [6, 6.07) is 18.3. The molecule has 3 rings (SSSR count). The van der Waals surface area contributed by atoms with Gasteiger partial charge in [0.05, 0.1) is 22.4 Å². The van der Waals surface area contributed by atoms with Crippen LogP contribution in [0.15, 0.2) is 72.8 Å². The van der Waals surface area contributed by atoms with Crippen molar-refractivity contribution in [2.75, 3.05) is 0 Å². The van der Waals surface area contributed by atoms with Crippen molar-refractivity contribution in [3.63, 3.8) is 0 Å². The lowest BCUT2D eigenvalue weighted by atomic mass is 10.0. The number of allylic oxidation sites excluding steroid dienone is 4. The number of para-hydroxylation sites is 2. The van der Waals surface area contributed by atoms with Crippen LogP contribution in [-0.4, -0.2) is 9.97 Å². The van der Waals surface area contributed by atoms with Gasteiger partial charge >= 0.3 is 0 Å². The van der Waals surface area contributed by atoms with Gasteiger partial charge in [-0.05, 0) is 31.1 Å². The van der Waals surface area contributed by atoms with Crippen LogP contribution in [0, 0.1) is 0 Å². The highest BCUT2D eigenvalue weighted by Crippen LogP contribution is 2.28. The van der Waals surface area contributed by atoms with Gasteiger partial charge in [-0.25, -0.2) is 9.97 Å². The number of nitrogens with zero attached hydrogens (tertiary/aromatic N) is 2. The zero-order valence-corrected chi connectivity index (χ0v) is 13.5. The molecule has 0 saturated heterocycles. The van der Waals surface area contributed by atoms with Gasteiger partial charge in [0.25, 0.3) is 0 Å². The van der Waals surface area contributed by atoms with Gasteiger partial charge in [0.1, 0.15) is 0 Å². The fourth-order valence-electron chi connectivity index (χ4n) is 2.56. The summed E-state index contributed by atoms with van der Waals surface area (Å²) in [7, 11) is 0. The fraction of sp³-hybridized carbons (Fsp3) is 0.143. The Kier molecular flexibility index (Phi) is 4.62. The number of hydrogen-bond donors (Lipinski definition) is 0. The first-order chi connectivity index (χ1) is 11.3. The lowest BCUT2D eigenvalue weighted by Crippen LogP contribution is -1.98. The lowest BCUT2D eigenvalue weighted by Gasteiger charge is -2.11. The Bertz CT molecular complexity index is 861. The second kappa shape index (κ2) is 7.01. The number of benzene rings is 2. The molecule has 0 spiro atoms. The van der Waals surface area contributed by atoms with E-state index in [1.807, 2.05) is 49.4 Å². The summed E-state index contributed by atoms with van der Waals surface area (Å²) in [5.74, 6) is 0. The lowest BCUT2D eigenvalue weighted by molar-refractivity contribution is 1.22. The molecule has 3 aromatic rings. The maximum Gasteiger partial charge on any atom is 0.0972 e. The molecule has 0 radical (unpaired) electrons. The van der Waals surface area contributed by atoms with Crippen LogP contribution in [0.3, 0.4) is 0 Å². The molecule has 2 aromatic carbocycles. The van der Waals surface area contributed by atoms with Crippen molar-refractivity contribution in [2.45, 2.75) is 20.3 Å². The molecule has 0 aliphatic heterocycles. The molecule has 2 nitrogen and oxygen atoms in total. The van der Waals surface area contributed by atoms with Gasteiger partial charge in [0, 0.05) is 5.56 Å². The Morgan fingerprint density at radius 3 is 2.22 bits per heavy atom. The average Bonchev–Trinajstić information content (AvgIpc) is 2.62. The normalized spacial score (nSPS) is 12.2. The minimum Gasteiger partial charge on any atom is -0.244 e. The minimum absolute atomic E-state index is 0.921. The molecule has 0 amide bonds. The molecule has 2 heteroatoms. The van der Waals surface area contributed by atoms with E-state index in [0.29, 0.717) is 0 Å². The highest BCUT2D eigenvalue weighted by atomic mass is 14.8. The maximum absolute atomic E-state index is 4.89. The summed E-state index contributed by atoms with van der Waals surface area (Å²) < 4.78 is 0. The zero-order chi connectivity index (χ0) is 16.1. The molecule has 0 bridgehead atoms. The highest BCUT2D eigenvalue weighted by Gasteiger charge is 2.12. The SMILES string of the molecule is C/C=C(\C=C/CC)c1nc2ccccc2nc1-c1ccccc1. The van der Waals surface area contributed by atoms with E-state index in [1.54, 1.807) is 0 Å². The topological polar surface area (TPSA) is 25.8 Å². The summed E-state index contributed by atoms with van der Waals surface area (Å²) >= 11 is 0. The molecule has 0 atom stereocenters. The molecule has 1 heterocycles. The monoisotopic (exact) mass is 300 g/mol. The van der Waals surface area contributed by atoms with Crippen molar-refractivity contribution in [1.82, 2.24) is 9.97 Å². The van der Waals surface area contributed by atoms with Crippen molar-refractivity contribution in [3.05, 3.63) is 78.5 Å². The molecule has 0 unspecified atom stereocenters. The van der Waals surface area contributed by atoms with Crippen LogP contribution in [0.4, 0.5) is 0 Å². The van der Waals surface area contributed by atoms with Gasteiger partial charge in [0.2, 0.25) is 0 Å². The molecule has 0 aliphatic rings. The predicted octanol–water partition coefficient (Wildman–Crippen LogP) is 5.67. The third kappa shape index (κ3) is 3.21. The Balaban J connectivity index is 2.27. The van der Waals surface area contributed by atoms with E-state index in [9.17, 15) is 0 Å². The summed E-state index contributed by atoms with van der Waals surface area (Å²) in [5.41, 5.74) is 5.89. The predicted molar refractivity (Wildman–Crippen MR) is 98.1 cm³/mol. The Hall–Kier alpha value is -2.74. The first-order valence-corrected chi connectivity index (χ1v) is 7.99. The molecule has 1 aromatic heterocycles. The van der Waals surface area contributed by atoms with Crippen molar-refractivity contribution >= 4 is 16.6 Å². The van der Waals surface area contributed by atoms with Gasteiger partial charge in [-0.2, -0.15) is 0 Å². The summed E-state index contributed by atoms with van der Waals surface area (Å²) in [4.78, 5) is 9.78. The van der Waals surface area contributed by atoms with Crippen LogP contribution in [0.25, 0.3) is 27.9 Å². The van der Waals surface area contributed by atoms with E-state index in [4.69, 9.17) is 9.97 Å². The molecule has 0 saturated carbocycles. The van der Waals surface area contributed by atoms with Crippen LogP contribution >= 0.6 is 0 Å². The molecular formula is C21H20N2. The van der Waals surface area contributed by atoms with E-state index >= 15 is 0 Å². The molecule has 114 valence electrons. The van der Waals surface area contributed by atoms with Crippen molar-refractivity contribution < 1.29 is 0 Å². The maximum atomic E-state index is 4.89. The standard InChI is InChI=1S/C21H20N2/c1-3-5-11-16(4-2)20-21(17-12-7-6-8-13-17)23-19-15-10-9-14-18(19)22-20/h4-15H,3H2,1-2H3/b11-5-,16-4+. The third-order valence-corrected chi connectivity index (χ3v) is 3.74. The second-order valence-electron chi connectivity index (χ2n) is 5.33. The van der Waals surface area contributed by atoms with Crippen LogP contribution < -0.4 is 0 Å². The number of fused-ring (bicyclic) bond motifs is 1. The van der Waals surface area contributed by atoms with Gasteiger partial charge < -0.3 is 0 Å². The third-order valence-electron chi connectivity index (χ3n) is 3.74. The Labute approximate surface area is 137 Å². The van der Waals surface area contributed by atoms with Gasteiger partial charge in [-0.1, -0.05) is 67.6 Å². The van der Waals surface area contributed by atoms with Gasteiger partial charge in [-0.3, -0.25) is 0 Å². The summed E-state index contributed by atoms with van der Waals surface area (Å²) in [6.45, 7) is 4.18. The van der Waals surface area contributed by atoms with Crippen molar-refractivity contribution in [3.8, 4) is 11.3 Å². The quantitative estimate of drug-likeness (QED) is 0.580. The fourth-order valence-corrected chi connectivity index (χ4v) is 2.56. The van der Waals surface area contributed by atoms with E-state index in [2.05, 4.69) is 37.3 Å². The van der Waals surface area contributed by atoms with Crippen LogP contribution in [0.1, 0.15) is 26.0 Å². The van der Waals surface area contributed by atoms with Crippen molar-refractivity contribution in [2.24, 2.45) is 0 Å². The Morgan fingerprint density at radius 1 is 0.913 bits per heavy atom. The molecule has 0 N–H and O–H groups in total. The molecule has 0 aliphatic carbocycles. The summed E-state index contributed by atoms with van der Waals surface area (Å²) in [5, 5.41) is 0. The smallest absolute Gasteiger partial charge is 0.0972 e. The molecule has 23 heavy (non-hydrogen) atoms. The summed E-state index contributed by atoms with van der Waals surface area (Å²) in [6.07, 6.45) is 7.38. The van der Waals surface area contributed by atoms with Gasteiger partial charge in [-0.15, -0.1) is 0 Å². The largest absolute Gasteiger partial charge is 0.244 e. The number of hydrogen-bond acceptors (Lipinski definition) is 2. The number of aromatic nitrogens is 2. The minimum atomic E-state index is 0.921. The first-order valence-electron chi connectivity index (χ1n) is 7.99. The van der Waals surface area contributed by atoms with Gasteiger partial charge in [0.15, 0.2) is 0 Å². The van der Waals surface area contributed by atoms with E-state index in [-0.39, 0.29) is 0 Å². The van der Waals surface area contributed by atoms with E-state index < -0.39 is 0 Å². The first kappa shape index (κ1) is 15.2. The van der Waals surface area contributed by atoms with Crippen LogP contribution in [0.2, 0.25) is 0 Å². The average molecular weight is 300 g/mol. The van der Waals surface area contributed by atoms with Crippen LogP contribution in [0.5, 0.6) is 0 Å². The Morgan fingerprint density at radius 2 is 1.57 bits per heavy atom. The zero-order valence-electron chi connectivity index (χ0n) is 13.5. The highest BCUT2D eigenvalue weighted by molar-refractivity contribution is 5.87. The number of rotatable bonds is 4. The van der Waals surface area contributed by atoms with E-state index in [0.717, 1.165) is 40.0 Å². The van der Waals surface area contributed by atoms with Crippen LogP contribution in [-0.2, 0) is 0 Å². The second-order valence-corrected chi connectivity index (χ2v) is 5.33. The molecule has 0 fully saturated rings.